The Labute approximate surface area is 64.1 Å². The van der Waals surface area contributed by atoms with Crippen LogP contribution >= 0.6 is 15.9 Å². The Morgan fingerprint density at radius 3 is 2.56 bits per heavy atom. The first-order valence-corrected chi connectivity index (χ1v) is 5.01. The molecule has 0 aromatic rings. The summed E-state index contributed by atoms with van der Waals surface area (Å²) >= 11 is 3.57. The zero-order chi connectivity index (χ0) is 6.11. The molecule has 0 N–H and O–H groups in total. The molecular formula is C8H11Br. The highest BCUT2D eigenvalue weighted by atomic mass is 79.9. The van der Waals surface area contributed by atoms with E-state index < -0.39 is 0 Å². The number of hydrogen-bond donors (Lipinski definition) is 0. The van der Waals surface area contributed by atoms with E-state index in [1.54, 1.807) is 25.7 Å². The van der Waals surface area contributed by atoms with Gasteiger partial charge in [-0.3, -0.25) is 0 Å². The van der Waals surface area contributed by atoms with E-state index in [0.717, 1.165) is 16.7 Å². The highest BCUT2D eigenvalue weighted by Gasteiger charge is 2.83. The lowest BCUT2D eigenvalue weighted by molar-refractivity contribution is 0.661. The molecule has 0 heterocycles. The molecule has 0 amide bonds. The molecule has 2 unspecified atom stereocenters. The van der Waals surface area contributed by atoms with Crippen molar-refractivity contribution in [2.45, 2.75) is 25.7 Å². The summed E-state index contributed by atoms with van der Waals surface area (Å²) in [4.78, 5) is 0. The van der Waals surface area contributed by atoms with Gasteiger partial charge in [0, 0.05) is 5.33 Å². The van der Waals surface area contributed by atoms with E-state index >= 15 is 0 Å². The van der Waals surface area contributed by atoms with Crippen molar-refractivity contribution in [2.75, 3.05) is 5.33 Å². The number of rotatable bonds is 1. The van der Waals surface area contributed by atoms with Crippen LogP contribution in [-0.4, -0.2) is 5.33 Å². The van der Waals surface area contributed by atoms with Gasteiger partial charge >= 0.3 is 0 Å². The number of hydrogen-bond acceptors (Lipinski definition) is 0. The van der Waals surface area contributed by atoms with Crippen molar-refractivity contribution in [3.63, 3.8) is 0 Å². The predicted octanol–water partition coefficient (Wildman–Crippen LogP) is 2.57. The first kappa shape index (κ1) is 5.17. The van der Waals surface area contributed by atoms with Gasteiger partial charge in [-0.15, -0.1) is 0 Å². The quantitative estimate of drug-likeness (QED) is 0.553. The Bertz CT molecular complexity index is 171. The molecular weight excluding hydrogens is 176 g/mol. The maximum Gasteiger partial charge on any atom is 0.00653 e. The molecule has 0 aromatic carbocycles. The maximum atomic E-state index is 3.57. The van der Waals surface area contributed by atoms with Crippen LogP contribution in [0, 0.1) is 16.7 Å². The van der Waals surface area contributed by atoms with E-state index in [9.17, 15) is 0 Å². The summed E-state index contributed by atoms with van der Waals surface area (Å²) in [7, 11) is 0. The van der Waals surface area contributed by atoms with Crippen LogP contribution in [0.1, 0.15) is 25.7 Å². The van der Waals surface area contributed by atoms with E-state index in [-0.39, 0.29) is 0 Å². The molecule has 3 rings (SSSR count). The maximum absolute atomic E-state index is 3.57. The van der Waals surface area contributed by atoms with E-state index in [0.29, 0.717) is 0 Å². The molecule has 0 bridgehead atoms. The molecule has 0 aromatic heterocycles. The molecule has 1 heteroatoms. The highest BCUT2D eigenvalue weighted by Crippen LogP contribution is 2.91. The van der Waals surface area contributed by atoms with Crippen molar-refractivity contribution in [3.8, 4) is 0 Å². The molecule has 50 valence electrons. The van der Waals surface area contributed by atoms with Crippen molar-refractivity contribution in [2.24, 2.45) is 16.7 Å². The second-order valence-electron chi connectivity index (χ2n) is 4.17. The van der Waals surface area contributed by atoms with E-state index in [1.165, 1.54) is 5.33 Å². The smallest absolute Gasteiger partial charge is 0.00653 e. The first-order valence-electron chi connectivity index (χ1n) is 3.89. The topological polar surface area (TPSA) is 0 Å². The molecule has 0 saturated heterocycles. The minimum atomic E-state index is 0.927. The molecule has 3 aliphatic rings. The van der Waals surface area contributed by atoms with Gasteiger partial charge in [-0.05, 0) is 42.4 Å². The molecule has 0 radical (unpaired) electrons. The van der Waals surface area contributed by atoms with Gasteiger partial charge in [-0.2, -0.15) is 0 Å². The van der Waals surface area contributed by atoms with E-state index in [1.807, 2.05) is 0 Å². The summed E-state index contributed by atoms with van der Waals surface area (Å²) in [5, 5.41) is 1.27. The second-order valence-corrected chi connectivity index (χ2v) is 4.82. The third kappa shape index (κ3) is 0.410. The van der Waals surface area contributed by atoms with Gasteiger partial charge in [0.1, 0.15) is 0 Å². The zero-order valence-corrected chi connectivity index (χ0v) is 7.08. The molecule has 3 aliphatic carbocycles. The Hall–Kier alpha value is 0.480. The minimum Gasteiger partial charge on any atom is -0.0925 e. The standard InChI is InChI=1S/C8H11Br/c9-4-6-3-8(6)5-7(8)1-2-7/h6H,1-5H2. The molecule has 2 atom stereocenters. The van der Waals surface area contributed by atoms with Crippen LogP contribution in [0.3, 0.4) is 0 Å². The predicted molar refractivity (Wildman–Crippen MR) is 40.6 cm³/mol. The van der Waals surface area contributed by atoms with E-state index in [2.05, 4.69) is 15.9 Å². The zero-order valence-electron chi connectivity index (χ0n) is 5.49. The molecule has 2 spiro atoms. The van der Waals surface area contributed by atoms with Crippen LogP contribution in [0.15, 0.2) is 0 Å². The van der Waals surface area contributed by atoms with E-state index in [4.69, 9.17) is 0 Å². The molecule has 0 aliphatic heterocycles. The lowest BCUT2D eigenvalue weighted by Crippen LogP contribution is -1.84. The van der Waals surface area contributed by atoms with Gasteiger partial charge in [-0.1, -0.05) is 15.9 Å². The first-order chi connectivity index (χ1) is 4.33. The van der Waals surface area contributed by atoms with Crippen LogP contribution in [0.2, 0.25) is 0 Å². The Kier molecular flexibility index (Phi) is 0.650. The van der Waals surface area contributed by atoms with Gasteiger partial charge < -0.3 is 0 Å². The molecule has 0 nitrogen and oxygen atoms in total. The average molecular weight is 187 g/mol. The van der Waals surface area contributed by atoms with Gasteiger partial charge in [-0.25, -0.2) is 0 Å². The summed E-state index contributed by atoms with van der Waals surface area (Å²) in [6.45, 7) is 0. The van der Waals surface area contributed by atoms with Crippen LogP contribution in [0.25, 0.3) is 0 Å². The fourth-order valence-electron chi connectivity index (χ4n) is 2.83. The normalized spacial score (nSPS) is 56.3. The fourth-order valence-corrected chi connectivity index (χ4v) is 3.68. The van der Waals surface area contributed by atoms with Crippen molar-refractivity contribution in [3.05, 3.63) is 0 Å². The Morgan fingerprint density at radius 1 is 1.44 bits per heavy atom. The largest absolute Gasteiger partial charge is 0.0925 e. The van der Waals surface area contributed by atoms with Crippen molar-refractivity contribution in [1.82, 2.24) is 0 Å². The lowest BCUT2D eigenvalue weighted by Gasteiger charge is -1.86. The average Bonchev–Trinajstić information content (AvgIpc) is 2.69. The van der Waals surface area contributed by atoms with Gasteiger partial charge in [0.25, 0.3) is 0 Å². The fraction of sp³-hybridized carbons (Fsp3) is 1.00. The summed E-state index contributed by atoms with van der Waals surface area (Å²) in [6.07, 6.45) is 6.28. The van der Waals surface area contributed by atoms with Gasteiger partial charge in [0.2, 0.25) is 0 Å². The number of fused-ring (bicyclic) bond motifs is 1. The molecule has 3 saturated carbocycles. The van der Waals surface area contributed by atoms with Crippen molar-refractivity contribution < 1.29 is 0 Å². The highest BCUT2D eigenvalue weighted by molar-refractivity contribution is 9.09. The number of alkyl halides is 1. The Balaban J connectivity index is 1.83. The van der Waals surface area contributed by atoms with Gasteiger partial charge in [0.05, 0.1) is 0 Å². The van der Waals surface area contributed by atoms with Crippen molar-refractivity contribution >= 4 is 15.9 Å². The van der Waals surface area contributed by atoms with Crippen LogP contribution in [0.5, 0.6) is 0 Å². The number of halogens is 1. The minimum absolute atomic E-state index is 0.927. The Morgan fingerprint density at radius 2 is 2.22 bits per heavy atom. The van der Waals surface area contributed by atoms with Gasteiger partial charge in [0.15, 0.2) is 0 Å². The SMILES string of the molecule is BrCC1CC12CC21CC1. The molecule has 9 heavy (non-hydrogen) atoms. The lowest BCUT2D eigenvalue weighted by atomic mass is 10.2. The van der Waals surface area contributed by atoms with Crippen LogP contribution in [-0.2, 0) is 0 Å². The van der Waals surface area contributed by atoms with Crippen molar-refractivity contribution in [1.29, 1.82) is 0 Å². The third-order valence-electron chi connectivity index (χ3n) is 3.86. The summed E-state index contributed by atoms with van der Waals surface area (Å²) in [5.41, 5.74) is 1.88. The van der Waals surface area contributed by atoms with Crippen LogP contribution in [0.4, 0.5) is 0 Å². The summed E-state index contributed by atoms with van der Waals surface area (Å²) < 4.78 is 0. The second kappa shape index (κ2) is 1.13. The monoisotopic (exact) mass is 186 g/mol. The van der Waals surface area contributed by atoms with Crippen LogP contribution < -0.4 is 0 Å². The summed E-state index contributed by atoms with van der Waals surface area (Å²) in [6, 6.07) is 0. The molecule has 3 fully saturated rings. The summed E-state index contributed by atoms with van der Waals surface area (Å²) in [5.74, 6) is 1.08. The third-order valence-corrected chi connectivity index (χ3v) is 4.64.